The molecule has 2 aromatic rings. The molecule has 0 atom stereocenters. The lowest BCUT2D eigenvalue weighted by atomic mass is 10.1. The minimum absolute atomic E-state index is 0.0738. The molecule has 1 aromatic heterocycles. The molecule has 0 unspecified atom stereocenters. The third-order valence-electron chi connectivity index (χ3n) is 3.89. The Bertz CT molecular complexity index is 710. The van der Waals surface area contributed by atoms with Crippen LogP contribution in [0.4, 0.5) is 10.8 Å². The van der Waals surface area contributed by atoms with Crippen LogP contribution in [0.25, 0.3) is 10.4 Å². The first-order valence-electron chi connectivity index (χ1n) is 7.80. The SMILES string of the molecule is Cc1cc(-c2cnc(N3CCCNC(=O)C3)s2)cc(N(C)C)c1. The number of thiazole rings is 1. The maximum atomic E-state index is 11.7. The van der Waals surface area contributed by atoms with E-state index in [1.165, 1.54) is 16.8 Å². The van der Waals surface area contributed by atoms with Gasteiger partial charge in [-0.2, -0.15) is 0 Å². The zero-order chi connectivity index (χ0) is 16.4. The number of nitrogens with zero attached hydrogens (tertiary/aromatic N) is 3. The maximum Gasteiger partial charge on any atom is 0.239 e. The first-order valence-corrected chi connectivity index (χ1v) is 8.61. The highest BCUT2D eigenvalue weighted by Crippen LogP contribution is 2.33. The number of aromatic nitrogens is 1. The number of hydrogen-bond acceptors (Lipinski definition) is 5. The highest BCUT2D eigenvalue weighted by molar-refractivity contribution is 7.18. The first kappa shape index (κ1) is 15.8. The smallest absolute Gasteiger partial charge is 0.239 e. The van der Waals surface area contributed by atoms with Crippen molar-refractivity contribution in [2.75, 3.05) is 43.5 Å². The summed E-state index contributed by atoms with van der Waals surface area (Å²) in [6, 6.07) is 6.53. The number of carbonyl (C=O) groups excluding carboxylic acids is 1. The van der Waals surface area contributed by atoms with Crippen molar-refractivity contribution in [3.8, 4) is 10.4 Å². The minimum atomic E-state index is 0.0738. The van der Waals surface area contributed by atoms with E-state index in [9.17, 15) is 4.79 Å². The van der Waals surface area contributed by atoms with Crippen molar-refractivity contribution >= 4 is 28.1 Å². The van der Waals surface area contributed by atoms with Gasteiger partial charge in [-0.05, 0) is 36.6 Å². The Morgan fingerprint density at radius 2 is 2.13 bits per heavy atom. The van der Waals surface area contributed by atoms with Gasteiger partial charge in [0, 0.05) is 39.1 Å². The fourth-order valence-corrected chi connectivity index (χ4v) is 3.61. The van der Waals surface area contributed by atoms with Gasteiger partial charge in [-0.1, -0.05) is 17.4 Å². The molecule has 23 heavy (non-hydrogen) atoms. The molecule has 1 fully saturated rings. The summed E-state index contributed by atoms with van der Waals surface area (Å²) in [6.07, 6.45) is 2.87. The number of amides is 1. The monoisotopic (exact) mass is 330 g/mol. The predicted molar refractivity (Wildman–Crippen MR) is 96.5 cm³/mol. The zero-order valence-electron chi connectivity index (χ0n) is 13.8. The van der Waals surface area contributed by atoms with E-state index in [0.29, 0.717) is 6.54 Å². The van der Waals surface area contributed by atoms with Crippen LogP contribution in [0.15, 0.2) is 24.4 Å². The predicted octanol–water partition coefficient (Wildman–Crippen LogP) is 2.51. The number of carbonyl (C=O) groups is 1. The highest BCUT2D eigenvalue weighted by Gasteiger charge is 2.18. The first-order chi connectivity index (χ1) is 11.0. The minimum Gasteiger partial charge on any atom is -0.378 e. The second-order valence-corrected chi connectivity index (χ2v) is 7.09. The second kappa shape index (κ2) is 6.58. The molecule has 1 aliphatic rings. The van der Waals surface area contributed by atoms with Gasteiger partial charge in [0.2, 0.25) is 5.91 Å². The number of benzene rings is 1. The van der Waals surface area contributed by atoms with Crippen molar-refractivity contribution < 1.29 is 4.79 Å². The van der Waals surface area contributed by atoms with Gasteiger partial charge >= 0.3 is 0 Å². The van der Waals surface area contributed by atoms with Crippen LogP contribution in [0.1, 0.15) is 12.0 Å². The third kappa shape index (κ3) is 3.64. The van der Waals surface area contributed by atoms with E-state index in [1.807, 2.05) is 20.3 Å². The molecule has 0 radical (unpaired) electrons. The van der Waals surface area contributed by atoms with E-state index in [1.54, 1.807) is 11.3 Å². The summed E-state index contributed by atoms with van der Waals surface area (Å²) >= 11 is 1.65. The molecule has 2 heterocycles. The molecule has 1 amide bonds. The molecule has 0 aliphatic carbocycles. The van der Waals surface area contributed by atoms with E-state index in [2.05, 4.69) is 45.2 Å². The van der Waals surface area contributed by atoms with Gasteiger partial charge in [-0.25, -0.2) is 4.98 Å². The Hall–Kier alpha value is -2.08. The number of hydrogen-bond donors (Lipinski definition) is 1. The molecule has 1 saturated heterocycles. The van der Waals surface area contributed by atoms with Crippen LogP contribution in [0.5, 0.6) is 0 Å². The topological polar surface area (TPSA) is 48.5 Å². The van der Waals surface area contributed by atoms with Gasteiger partial charge < -0.3 is 15.1 Å². The summed E-state index contributed by atoms with van der Waals surface area (Å²) < 4.78 is 0. The van der Waals surface area contributed by atoms with Gasteiger partial charge in [0.05, 0.1) is 11.4 Å². The van der Waals surface area contributed by atoms with Crippen molar-refractivity contribution in [1.82, 2.24) is 10.3 Å². The van der Waals surface area contributed by atoms with E-state index >= 15 is 0 Å². The van der Waals surface area contributed by atoms with Crippen LogP contribution in [-0.4, -0.2) is 44.6 Å². The van der Waals surface area contributed by atoms with Crippen LogP contribution in [0, 0.1) is 6.92 Å². The molecule has 0 saturated carbocycles. The molecule has 6 heteroatoms. The van der Waals surface area contributed by atoms with Crippen molar-refractivity contribution in [2.45, 2.75) is 13.3 Å². The van der Waals surface area contributed by atoms with Crippen LogP contribution < -0.4 is 15.1 Å². The molecule has 1 N–H and O–H groups in total. The number of anilines is 2. The molecule has 0 bridgehead atoms. The fraction of sp³-hybridized carbons (Fsp3) is 0.412. The average Bonchev–Trinajstić information content (AvgIpc) is 2.90. The largest absolute Gasteiger partial charge is 0.378 e. The summed E-state index contributed by atoms with van der Waals surface area (Å²) in [5.74, 6) is 0.0738. The third-order valence-corrected chi connectivity index (χ3v) is 5.00. The maximum absolute atomic E-state index is 11.7. The summed E-state index contributed by atoms with van der Waals surface area (Å²) in [4.78, 5) is 21.6. The molecule has 0 spiro atoms. The Balaban J connectivity index is 1.88. The Labute approximate surface area is 140 Å². The van der Waals surface area contributed by atoms with Crippen LogP contribution >= 0.6 is 11.3 Å². The van der Waals surface area contributed by atoms with E-state index in [0.717, 1.165) is 29.5 Å². The molecule has 1 aliphatic heterocycles. The molecule has 3 rings (SSSR count). The van der Waals surface area contributed by atoms with Crippen molar-refractivity contribution in [1.29, 1.82) is 0 Å². The lowest BCUT2D eigenvalue weighted by Gasteiger charge is -2.17. The van der Waals surface area contributed by atoms with E-state index in [-0.39, 0.29) is 5.91 Å². The number of nitrogens with one attached hydrogen (secondary N) is 1. The van der Waals surface area contributed by atoms with Gasteiger partial charge in [0.15, 0.2) is 5.13 Å². The summed E-state index contributed by atoms with van der Waals surface area (Å²) in [6.45, 7) is 4.11. The standard InChI is InChI=1S/C17H22N4OS/c1-12-7-13(9-14(8-12)20(2)3)15-10-19-17(23-15)21-6-4-5-18-16(22)11-21/h7-10H,4-6,11H2,1-3H3,(H,18,22). The van der Waals surface area contributed by atoms with Gasteiger partial charge in [-0.15, -0.1) is 0 Å². The van der Waals surface area contributed by atoms with Crippen LogP contribution in [-0.2, 0) is 4.79 Å². The van der Waals surface area contributed by atoms with E-state index in [4.69, 9.17) is 0 Å². The summed E-state index contributed by atoms with van der Waals surface area (Å²) in [7, 11) is 4.10. The molecular formula is C17H22N4OS. The van der Waals surface area contributed by atoms with Gasteiger partial charge in [-0.3, -0.25) is 4.79 Å². The van der Waals surface area contributed by atoms with E-state index < -0.39 is 0 Å². The van der Waals surface area contributed by atoms with Crippen LogP contribution in [0.3, 0.4) is 0 Å². The Kier molecular flexibility index (Phi) is 4.52. The van der Waals surface area contributed by atoms with Crippen molar-refractivity contribution in [3.05, 3.63) is 30.0 Å². The molecule has 5 nitrogen and oxygen atoms in total. The van der Waals surface area contributed by atoms with Crippen molar-refractivity contribution in [2.24, 2.45) is 0 Å². The lowest BCUT2D eigenvalue weighted by molar-refractivity contribution is -0.119. The molecular weight excluding hydrogens is 308 g/mol. The molecule has 1 aromatic carbocycles. The van der Waals surface area contributed by atoms with Crippen molar-refractivity contribution in [3.63, 3.8) is 0 Å². The molecule has 122 valence electrons. The zero-order valence-corrected chi connectivity index (χ0v) is 14.6. The van der Waals surface area contributed by atoms with Gasteiger partial charge in [0.25, 0.3) is 0 Å². The normalized spacial score (nSPS) is 15.3. The summed E-state index contributed by atoms with van der Waals surface area (Å²) in [5, 5.41) is 3.82. The quantitative estimate of drug-likeness (QED) is 0.939. The Morgan fingerprint density at radius 3 is 2.91 bits per heavy atom. The average molecular weight is 330 g/mol. The highest BCUT2D eigenvalue weighted by atomic mass is 32.1. The van der Waals surface area contributed by atoms with Crippen LogP contribution in [0.2, 0.25) is 0 Å². The number of aryl methyl sites for hydroxylation is 1. The number of rotatable bonds is 3. The van der Waals surface area contributed by atoms with Gasteiger partial charge in [0.1, 0.15) is 0 Å². The second-order valence-electron chi connectivity index (χ2n) is 6.08. The Morgan fingerprint density at radius 1 is 1.30 bits per heavy atom. The fourth-order valence-electron chi connectivity index (χ4n) is 2.68. The summed E-state index contributed by atoms with van der Waals surface area (Å²) in [5.41, 5.74) is 3.59. The lowest BCUT2D eigenvalue weighted by Crippen LogP contribution is -2.32.